The van der Waals surface area contributed by atoms with Crippen molar-refractivity contribution in [3.05, 3.63) is 94.8 Å². The molecular weight excluding hydrogens is 724 g/mol. The number of rotatable bonds is 15. The quantitative estimate of drug-likeness (QED) is 0.0592. The molecule has 4 N–H and O–H groups in total. The summed E-state index contributed by atoms with van der Waals surface area (Å²) < 4.78 is 51.8. The van der Waals surface area contributed by atoms with Gasteiger partial charge in [-0.2, -0.15) is 0 Å². The lowest BCUT2D eigenvalue weighted by molar-refractivity contribution is -0.151. The van der Waals surface area contributed by atoms with Crippen LogP contribution in [0, 0.1) is 5.82 Å². The first-order chi connectivity index (χ1) is 25.6. The number of ether oxygens (including phenoxy) is 1. The number of anilines is 1. The standard InChI is InChI=1S/C38H39FN4O10S/c1-5-52-38(49)31(45)18-30(44)25-8-6-7-22(15-25)19-41-36(47)21(2)42-33(46)20-43(54(4,50)51)29-17-32-28(16-27(29)23-9-10-23)34(37(48)40-3)35(53-32)24-11-13-26(39)14-12-24/h6-8,11-18,21,23,44H,5,9-10,19-20H2,1-4H3,(H,40,48)(H,41,47)(H,42,46). The van der Waals surface area contributed by atoms with Gasteiger partial charge in [0.25, 0.3) is 11.7 Å². The zero-order valence-electron chi connectivity index (χ0n) is 29.9. The summed E-state index contributed by atoms with van der Waals surface area (Å²) in [6.45, 7) is 2.25. The number of furan rings is 1. The minimum absolute atomic E-state index is 0.00348. The summed E-state index contributed by atoms with van der Waals surface area (Å²) in [5, 5.41) is 18.5. The molecule has 5 rings (SSSR count). The van der Waals surface area contributed by atoms with Crippen LogP contribution in [-0.4, -0.2) is 75.5 Å². The van der Waals surface area contributed by atoms with Crippen LogP contribution in [0.4, 0.5) is 10.1 Å². The highest BCUT2D eigenvalue weighted by Crippen LogP contribution is 2.48. The number of carbonyl (C=O) groups excluding carboxylic acids is 5. The number of aliphatic hydroxyl groups is 1. The Morgan fingerprint density at radius 1 is 1.07 bits per heavy atom. The van der Waals surface area contributed by atoms with Crippen molar-refractivity contribution < 1.29 is 51.0 Å². The summed E-state index contributed by atoms with van der Waals surface area (Å²) in [7, 11) is -2.62. The number of carbonyl (C=O) groups is 5. The maximum Gasteiger partial charge on any atom is 0.379 e. The smallest absolute Gasteiger partial charge is 0.379 e. The molecule has 0 radical (unpaired) electrons. The second kappa shape index (κ2) is 16.3. The van der Waals surface area contributed by atoms with Gasteiger partial charge in [-0.05, 0) is 80.1 Å². The minimum Gasteiger partial charge on any atom is -0.507 e. The highest BCUT2D eigenvalue weighted by atomic mass is 32.2. The van der Waals surface area contributed by atoms with Gasteiger partial charge < -0.3 is 30.2 Å². The zero-order valence-corrected chi connectivity index (χ0v) is 30.7. The highest BCUT2D eigenvalue weighted by molar-refractivity contribution is 7.92. The topological polar surface area (TPSA) is 201 Å². The third kappa shape index (κ3) is 9.12. The van der Waals surface area contributed by atoms with Gasteiger partial charge >= 0.3 is 5.97 Å². The van der Waals surface area contributed by atoms with Crippen LogP contribution in [0.15, 0.2) is 71.2 Å². The average molecular weight is 763 g/mol. The third-order valence-corrected chi connectivity index (χ3v) is 9.70. The Labute approximate surface area is 310 Å². The number of esters is 1. The van der Waals surface area contributed by atoms with Crippen molar-refractivity contribution in [2.75, 3.05) is 30.8 Å². The average Bonchev–Trinajstić information content (AvgIpc) is 3.92. The number of hydrogen-bond donors (Lipinski definition) is 4. The number of sulfonamides is 1. The maximum absolute atomic E-state index is 13.7. The van der Waals surface area contributed by atoms with Crippen molar-refractivity contribution in [3.8, 4) is 11.3 Å². The largest absolute Gasteiger partial charge is 0.507 e. The number of amides is 3. The van der Waals surface area contributed by atoms with E-state index in [0.29, 0.717) is 22.1 Å². The highest BCUT2D eigenvalue weighted by Gasteiger charge is 2.34. The molecule has 1 fully saturated rings. The molecule has 14 nitrogen and oxygen atoms in total. The number of nitrogens with one attached hydrogen (secondary N) is 3. The normalized spacial score (nSPS) is 13.5. The maximum atomic E-state index is 13.7. The molecule has 54 heavy (non-hydrogen) atoms. The fraction of sp³-hybridized carbons (Fsp3) is 0.289. The van der Waals surface area contributed by atoms with E-state index >= 15 is 0 Å². The predicted octanol–water partition coefficient (Wildman–Crippen LogP) is 4.09. The van der Waals surface area contributed by atoms with E-state index in [4.69, 9.17) is 4.42 Å². The van der Waals surface area contributed by atoms with Gasteiger partial charge in [-0.3, -0.25) is 23.5 Å². The molecule has 1 aliphatic carbocycles. The Morgan fingerprint density at radius 2 is 1.78 bits per heavy atom. The number of aliphatic hydroxyl groups excluding tert-OH is 1. The van der Waals surface area contributed by atoms with Crippen LogP contribution in [0.3, 0.4) is 0 Å². The van der Waals surface area contributed by atoms with Gasteiger partial charge in [0, 0.05) is 42.2 Å². The summed E-state index contributed by atoms with van der Waals surface area (Å²) >= 11 is 0. The molecule has 1 heterocycles. The number of halogens is 1. The molecule has 1 aromatic heterocycles. The zero-order chi connectivity index (χ0) is 39.3. The summed E-state index contributed by atoms with van der Waals surface area (Å²) in [6, 6.07) is 13.7. The lowest BCUT2D eigenvalue weighted by atomic mass is 10.0. The Balaban J connectivity index is 1.33. The molecule has 1 atom stereocenters. The summed E-state index contributed by atoms with van der Waals surface area (Å²) in [6.07, 6.45) is 3.19. The number of hydrogen-bond acceptors (Lipinski definition) is 10. The summed E-state index contributed by atoms with van der Waals surface area (Å²) in [5.74, 6) is -4.82. The SMILES string of the molecule is CCOC(=O)C(=O)C=C(O)c1cccc(CNC(=O)C(C)NC(=O)CN(c2cc3oc(-c4ccc(F)cc4)c(C(=O)NC)c3cc2C2CC2)S(C)(=O)=O)c1. The molecule has 284 valence electrons. The number of fused-ring (bicyclic) bond motifs is 1. The minimum atomic E-state index is -4.08. The van der Waals surface area contributed by atoms with Crippen LogP contribution in [0.5, 0.6) is 0 Å². The Kier molecular flexibility index (Phi) is 11.8. The van der Waals surface area contributed by atoms with E-state index in [1.165, 1.54) is 63.4 Å². The molecular formula is C38H39FN4O10S. The second-order valence-corrected chi connectivity index (χ2v) is 14.6. The first-order valence-electron chi connectivity index (χ1n) is 17.0. The van der Waals surface area contributed by atoms with Crippen molar-refractivity contribution >= 4 is 61.9 Å². The van der Waals surface area contributed by atoms with E-state index in [0.717, 1.165) is 29.5 Å². The van der Waals surface area contributed by atoms with Gasteiger partial charge in [0.2, 0.25) is 21.8 Å². The third-order valence-electron chi connectivity index (χ3n) is 8.58. The molecule has 0 aliphatic heterocycles. The molecule has 0 saturated heterocycles. The molecule has 3 amide bonds. The van der Waals surface area contributed by atoms with Gasteiger partial charge in [0.15, 0.2) is 0 Å². The fourth-order valence-corrected chi connectivity index (χ4v) is 6.62. The van der Waals surface area contributed by atoms with Gasteiger partial charge in [-0.1, -0.05) is 18.2 Å². The van der Waals surface area contributed by atoms with E-state index in [-0.39, 0.29) is 47.2 Å². The van der Waals surface area contributed by atoms with Gasteiger partial charge in [-0.25, -0.2) is 17.6 Å². The monoisotopic (exact) mass is 762 g/mol. The Hall–Kier alpha value is -6.03. The van der Waals surface area contributed by atoms with E-state index in [1.807, 2.05) is 0 Å². The van der Waals surface area contributed by atoms with Gasteiger partial charge in [0.05, 0.1) is 24.1 Å². The van der Waals surface area contributed by atoms with Gasteiger partial charge in [-0.15, -0.1) is 0 Å². The molecule has 1 saturated carbocycles. The first-order valence-corrected chi connectivity index (χ1v) is 18.8. The molecule has 4 aromatic rings. The van der Waals surface area contributed by atoms with Crippen molar-refractivity contribution in [1.29, 1.82) is 0 Å². The lowest BCUT2D eigenvalue weighted by Gasteiger charge is -2.25. The predicted molar refractivity (Wildman–Crippen MR) is 197 cm³/mol. The molecule has 1 unspecified atom stereocenters. The second-order valence-electron chi connectivity index (χ2n) is 12.7. The van der Waals surface area contributed by atoms with E-state index in [9.17, 15) is 41.9 Å². The molecule has 16 heteroatoms. The Morgan fingerprint density at radius 3 is 2.41 bits per heavy atom. The lowest BCUT2D eigenvalue weighted by Crippen LogP contribution is -2.48. The molecule has 1 aliphatic rings. The number of nitrogens with zero attached hydrogens (tertiary/aromatic N) is 1. The van der Waals surface area contributed by atoms with Crippen molar-refractivity contribution in [1.82, 2.24) is 16.0 Å². The Bertz CT molecular complexity index is 2260. The van der Waals surface area contributed by atoms with Crippen LogP contribution >= 0.6 is 0 Å². The number of benzene rings is 3. The fourth-order valence-electron chi connectivity index (χ4n) is 5.76. The van der Waals surface area contributed by atoms with E-state index in [2.05, 4.69) is 20.7 Å². The van der Waals surface area contributed by atoms with Crippen LogP contribution in [0.2, 0.25) is 0 Å². The molecule has 0 spiro atoms. The summed E-state index contributed by atoms with van der Waals surface area (Å²) in [5.41, 5.74) is 2.30. The summed E-state index contributed by atoms with van der Waals surface area (Å²) in [4.78, 5) is 62.9. The molecule has 3 aromatic carbocycles. The van der Waals surface area contributed by atoms with Gasteiger partial charge in [0.1, 0.15) is 35.5 Å². The van der Waals surface area contributed by atoms with Crippen LogP contribution < -0.4 is 20.3 Å². The van der Waals surface area contributed by atoms with Crippen LogP contribution in [0.1, 0.15) is 59.7 Å². The number of ketones is 1. The van der Waals surface area contributed by atoms with Crippen molar-refractivity contribution in [2.45, 2.75) is 45.2 Å². The molecule has 0 bridgehead atoms. The van der Waals surface area contributed by atoms with Crippen molar-refractivity contribution in [2.24, 2.45) is 0 Å². The van der Waals surface area contributed by atoms with Crippen LogP contribution in [-0.2, 0) is 40.5 Å². The van der Waals surface area contributed by atoms with E-state index in [1.54, 1.807) is 18.2 Å². The van der Waals surface area contributed by atoms with E-state index < -0.39 is 63.7 Å². The first kappa shape index (κ1) is 39.2. The van der Waals surface area contributed by atoms with Crippen LogP contribution in [0.25, 0.3) is 28.1 Å². The van der Waals surface area contributed by atoms with Crippen molar-refractivity contribution in [3.63, 3.8) is 0 Å².